The standard InChI is InChI=1S/C24H30N4O5/c1-16(29)27-20-10-6-8-18(14-20)22(31)28-19-9-5-7-17(13-19)15-26-21(30)11-12-25-23(32)33-24(2,3)4/h5-10,13-14H,11-12,15H2,1-4H3,(H,25,32)(H,26,30)(H,27,29)(H,28,31). The molecular weight excluding hydrogens is 424 g/mol. The van der Waals surface area contributed by atoms with Crippen molar-refractivity contribution < 1.29 is 23.9 Å². The maximum atomic E-state index is 12.6. The third-order valence-electron chi connectivity index (χ3n) is 4.14. The van der Waals surface area contributed by atoms with Gasteiger partial charge < -0.3 is 26.0 Å². The average molecular weight is 455 g/mol. The number of nitrogens with one attached hydrogen (secondary N) is 4. The fourth-order valence-corrected chi connectivity index (χ4v) is 2.79. The van der Waals surface area contributed by atoms with E-state index < -0.39 is 11.7 Å². The van der Waals surface area contributed by atoms with Gasteiger partial charge in [0.1, 0.15) is 5.60 Å². The molecule has 2 aromatic carbocycles. The molecule has 4 N–H and O–H groups in total. The Bertz CT molecular complexity index is 1010. The first-order chi connectivity index (χ1) is 15.5. The topological polar surface area (TPSA) is 126 Å². The van der Waals surface area contributed by atoms with Crippen LogP contribution in [0.3, 0.4) is 0 Å². The molecule has 0 aliphatic heterocycles. The van der Waals surface area contributed by atoms with Crippen molar-refractivity contribution in [2.75, 3.05) is 17.2 Å². The van der Waals surface area contributed by atoms with Gasteiger partial charge in [-0.3, -0.25) is 14.4 Å². The molecule has 0 aliphatic rings. The van der Waals surface area contributed by atoms with Crippen molar-refractivity contribution in [1.82, 2.24) is 10.6 Å². The third kappa shape index (κ3) is 9.86. The minimum atomic E-state index is -0.596. The first kappa shape index (κ1) is 25.4. The van der Waals surface area contributed by atoms with E-state index in [0.29, 0.717) is 16.9 Å². The van der Waals surface area contributed by atoms with Crippen LogP contribution in [0.15, 0.2) is 48.5 Å². The molecule has 2 aromatic rings. The van der Waals surface area contributed by atoms with Gasteiger partial charge in [0.2, 0.25) is 11.8 Å². The van der Waals surface area contributed by atoms with E-state index in [4.69, 9.17) is 4.74 Å². The van der Waals surface area contributed by atoms with Gasteiger partial charge in [0.15, 0.2) is 0 Å². The molecule has 0 saturated carbocycles. The molecule has 2 rings (SSSR count). The smallest absolute Gasteiger partial charge is 0.407 e. The molecule has 0 radical (unpaired) electrons. The summed E-state index contributed by atoms with van der Waals surface area (Å²) < 4.78 is 5.11. The summed E-state index contributed by atoms with van der Waals surface area (Å²) in [4.78, 5) is 47.4. The van der Waals surface area contributed by atoms with Gasteiger partial charge in [0.25, 0.3) is 5.91 Å². The lowest BCUT2D eigenvalue weighted by atomic mass is 10.1. The quantitative estimate of drug-likeness (QED) is 0.486. The maximum absolute atomic E-state index is 12.6. The normalized spacial score (nSPS) is 10.7. The van der Waals surface area contributed by atoms with Gasteiger partial charge >= 0.3 is 6.09 Å². The molecule has 9 nitrogen and oxygen atoms in total. The van der Waals surface area contributed by atoms with E-state index in [1.54, 1.807) is 63.2 Å². The number of carbonyl (C=O) groups is 4. The van der Waals surface area contributed by atoms with E-state index in [2.05, 4.69) is 21.3 Å². The Morgan fingerprint density at radius 1 is 0.879 bits per heavy atom. The molecule has 0 aromatic heterocycles. The molecule has 0 spiro atoms. The lowest BCUT2D eigenvalue weighted by molar-refractivity contribution is -0.121. The molecular formula is C24H30N4O5. The van der Waals surface area contributed by atoms with Crippen LogP contribution in [-0.4, -0.2) is 36.0 Å². The number of hydrogen-bond donors (Lipinski definition) is 4. The van der Waals surface area contributed by atoms with Gasteiger partial charge in [-0.15, -0.1) is 0 Å². The predicted octanol–water partition coefficient (Wildman–Crippen LogP) is 3.43. The number of hydrogen-bond acceptors (Lipinski definition) is 5. The van der Waals surface area contributed by atoms with Gasteiger partial charge in [0, 0.05) is 43.4 Å². The fraction of sp³-hybridized carbons (Fsp3) is 0.333. The average Bonchev–Trinajstić information content (AvgIpc) is 2.71. The van der Waals surface area contributed by atoms with Crippen molar-refractivity contribution >= 4 is 35.2 Å². The number of rotatable bonds is 8. The number of alkyl carbamates (subject to hydrolysis) is 1. The Labute approximate surface area is 193 Å². The fourth-order valence-electron chi connectivity index (χ4n) is 2.79. The van der Waals surface area contributed by atoms with Crippen LogP contribution in [0.2, 0.25) is 0 Å². The van der Waals surface area contributed by atoms with Gasteiger partial charge in [-0.25, -0.2) is 4.79 Å². The van der Waals surface area contributed by atoms with E-state index in [9.17, 15) is 19.2 Å². The molecule has 4 amide bonds. The largest absolute Gasteiger partial charge is 0.444 e. The lowest BCUT2D eigenvalue weighted by Crippen LogP contribution is -2.35. The van der Waals surface area contributed by atoms with Gasteiger partial charge in [0.05, 0.1) is 0 Å². The van der Waals surface area contributed by atoms with Crippen LogP contribution in [0.1, 0.15) is 50.0 Å². The summed E-state index contributed by atoms with van der Waals surface area (Å²) in [7, 11) is 0. The molecule has 0 heterocycles. The van der Waals surface area contributed by atoms with Crippen molar-refractivity contribution in [2.24, 2.45) is 0 Å². The number of amides is 4. The van der Waals surface area contributed by atoms with Crippen LogP contribution in [-0.2, 0) is 20.9 Å². The molecule has 0 aliphatic carbocycles. The minimum absolute atomic E-state index is 0.111. The van der Waals surface area contributed by atoms with Gasteiger partial charge in [-0.1, -0.05) is 18.2 Å². The molecule has 9 heteroatoms. The van der Waals surface area contributed by atoms with Gasteiger partial charge in [-0.2, -0.15) is 0 Å². The highest BCUT2D eigenvalue weighted by Crippen LogP contribution is 2.15. The highest BCUT2D eigenvalue weighted by Gasteiger charge is 2.16. The first-order valence-electron chi connectivity index (χ1n) is 10.5. The zero-order valence-electron chi connectivity index (χ0n) is 19.3. The minimum Gasteiger partial charge on any atom is -0.444 e. The number of carbonyl (C=O) groups excluding carboxylic acids is 4. The molecule has 33 heavy (non-hydrogen) atoms. The maximum Gasteiger partial charge on any atom is 0.407 e. The van der Waals surface area contributed by atoms with E-state index >= 15 is 0 Å². The number of anilines is 2. The number of benzene rings is 2. The van der Waals surface area contributed by atoms with Crippen molar-refractivity contribution in [1.29, 1.82) is 0 Å². The van der Waals surface area contributed by atoms with Gasteiger partial charge in [-0.05, 0) is 56.7 Å². The zero-order valence-corrected chi connectivity index (χ0v) is 19.3. The van der Waals surface area contributed by atoms with Crippen LogP contribution < -0.4 is 21.3 Å². The Morgan fingerprint density at radius 3 is 2.21 bits per heavy atom. The Hall–Kier alpha value is -3.88. The summed E-state index contributed by atoms with van der Waals surface area (Å²) in [5.41, 5.74) is 1.71. The van der Waals surface area contributed by atoms with Crippen molar-refractivity contribution in [3.8, 4) is 0 Å². The second-order valence-electron chi connectivity index (χ2n) is 8.37. The summed E-state index contributed by atoms with van der Waals surface area (Å²) in [5, 5.41) is 10.8. The van der Waals surface area contributed by atoms with Crippen molar-refractivity contribution in [3.63, 3.8) is 0 Å². The molecule has 0 atom stereocenters. The molecule has 0 fully saturated rings. The molecule has 0 saturated heterocycles. The summed E-state index contributed by atoms with van der Waals surface area (Å²) in [5.74, 6) is -0.769. The number of ether oxygens (including phenoxy) is 1. The van der Waals surface area contributed by atoms with Crippen LogP contribution in [0.25, 0.3) is 0 Å². The van der Waals surface area contributed by atoms with Crippen LogP contribution >= 0.6 is 0 Å². The monoisotopic (exact) mass is 454 g/mol. The SMILES string of the molecule is CC(=O)Nc1cccc(C(=O)Nc2cccc(CNC(=O)CCNC(=O)OC(C)(C)C)c2)c1. The van der Waals surface area contributed by atoms with E-state index in [0.717, 1.165) is 5.56 Å². The summed E-state index contributed by atoms with van der Waals surface area (Å²) >= 11 is 0. The van der Waals surface area contributed by atoms with E-state index in [1.165, 1.54) is 6.92 Å². The molecule has 0 unspecified atom stereocenters. The highest BCUT2D eigenvalue weighted by atomic mass is 16.6. The van der Waals surface area contributed by atoms with Crippen LogP contribution in [0, 0.1) is 0 Å². The third-order valence-corrected chi connectivity index (χ3v) is 4.14. The van der Waals surface area contributed by atoms with Crippen molar-refractivity contribution in [3.05, 3.63) is 59.7 Å². The Kier molecular flexibility index (Phi) is 8.97. The van der Waals surface area contributed by atoms with Crippen LogP contribution in [0.4, 0.5) is 16.2 Å². The van der Waals surface area contributed by atoms with E-state index in [1.807, 2.05) is 6.07 Å². The molecule has 176 valence electrons. The second kappa shape index (κ2) is 11.7. The Balaban J connectivity index is 1.83. The van der Waals surface area contributed by atoms with Crippen molar-refractivity contribution in [2.45, 2.75) is 46.3 Å². The van der Waals surface area contributed by atoms with E-state index in [-0.39, 0.29) is 37.2 Å². The second-order valence-corrected chi connectivity index (χ2v) is 8.37. The first-order valence-corrected chi connectivity index (χ1v) is 10.5. The summed E-state index contributed by atoms with van der Waals surface area (Å²) in [6, 6.07) is 13.7. The zero-order chi connectivity index (χ0) is 24.4. The highest BCUT2D eigenvalue weighted by molar-refractivity contribution is 6.05. The summed E-state index contributed by atoms with van der Waals surface area (Å²) in [6.07, 6.45) is -0.457. The lowest BCUT2D eigenvalue weighted by Gasteiger charge is -2.19. The summed E-state index contributed by atoms with van der Waals surface area (Å²) in [6.45, 7) is 7.12. The Morgan fingerprint density at radius 2 is 1.55 bits per heavy atom. The van der Waals surface area contributed by atoms with Crippen LogP contribution in [0.5, 0.6) is 0 Å². The molecule has 0 bridgehead atoms. The predicted molar refractivity (Wildman–Crippen MR) is 126 cm³/mol.